The molecular formula is C5H12N2S. The molecule has 0 rings (SSSR count). The molecule has 0 bridgehead atoms. The summed E-state index contributed by atoms with van der Waals surface area (Å²) in [5, 5.41) is 2.02. The second kappa shape index (κ2) is 5.00. The molecule has 0 unspecified atom stereocenters. The molecule has 0 amide bonds. The Morgan fingerprint density at radius 1 is 1.50 bits per heavy atom. The SMILES string of the molecule is CCN(CC)NC=S. The fraction of sp³-hybridized carbons (Fsp3) is 0.800. The molecule has 48 valence electrons. The molecule has 0 spiro atoms. The van der Waals surface area contributed by atoms with Crippen molar-refractivity contribution in [3.8, 4) is 0 Å². The third-order valence-electron chi connectivity index (χ3n) is 0.999. The average Bonchev–Trinajstić information content (AvgIpc) is 1.83. The smallest absolute Gasteiger partial charge is 0.0759 e. The van der Waals surface area contributed by atoms with Gasteiger partial charge in [0.1, 0.15) is 0 Å². The molecule has 2 nitrogen and oxygen atoms in total. The van der Waals surface area contributed by atoms with Crippen LogP contribution in [0, 0.1) is 0 Å². The molecule has 0 heterocycles. The Hall–Kier alpha value is -0.150. The van der Waals surface area contributed by atoms with Crippen molar-refractivity contribution in [2.75, 3.05) is 13.1 Å². The monoisotopic (exact) mass is 132 g/mol. The van der Waals surface area contributed by atoms with Crippen LogP contribution in [0.1, 0.15) is 13.8 Å². The third kappa shape index (κ3) is 2.93. The van der Waals surface area contributed by atoms with Gasteiger partial charge in [0.25, 0.3) is 0 Å². The molecule has 0 aliphatic heterocycles. The first-order valence-electron chi connectivity index (χ1n) is 2.79. The molecule has 0 aliphatic carbocycles. The van der Waals surface area contributed by atoms with Gasteiger partial charge in [0.05, 0.1) is 5.49 Å². The van der Waals surface area contributed by atoms with Gasteiger partial charge in [-0.2, -0.15) is 0 Å². The standard InChI is InChI=1S/C5H12N2S/c1-3-7(4-2)6-5-8/h5H,3-4H2,1-2H3,(H,6,8). The zero-order valence-electron chi connectivity index (χ0n) is 5.35. The highest BCUT2D eigenvalue weighted by atomic mass is 32.1. The quantitative estimate of drug-likeness (QED) is 0.450. The lowest BCUT2D eigenvalue weighted by atomic mass is 10.6. The molecule has 0 aromatic rings. The number of rotatable bonds is 4. The van der Waals surface area contributed by atoms with Gasteiger partial charge in [0.15, 0.2) is 0 Å². The number of nitrogens with zero attached hydrogens (tertiary/aromatic N) is 1. The van der Waals surface area contributed by atoms with E-state index in [1.54, 1.807) is 0 Å². The first kappa shape index (κ1) is 7.85. The first-order valence-corrected chi connectivity index (χ1v) is 3.27. The second-order valence-corrected chi connectivity index (χ2v) is 1.65. The van der Waals surface area contributed by atoms with Crippen molar-refractivity contribution in [2.45, 2.75) is 13.8 Å². The van der Waals surface area contributed by atoms with Gasteiger partial charge in [-0.1, -0.05) is 26.1 Å². The topological polar surface area (TPSA) is 15.3 Å². The predicted molar refractivity (Wildman–Crippen MR) is 39.7 cm³/mol. The Labute approximate surface area is 55.8 Å². The van der Waals surface area contributed by atoms with Crippen LogP contribution < -0.4 is 5.43 Å². The van der Waals surface area contributed by atoms with E-state index in [-0.39, 0.29) is 0 Å². The highest BCUT2D eigenvalue weighted by Crippen LogP contribution is 1.75. The Morgan fingerprint density at radius 2 is 2.00 bits per heavy atom. The Bertz CT molecular complexity index is 61.4. The van der Waals surface area contributed by atoms with Gasteiger partial charge < -0.3 is 5.43 Å². The maximum Gasteiger partial charge on any atom is 0.0759 e. The molecule has 0 aliphatic rings. The summed E-state index contributed by atoms with van der Waals surface area (Å²) < 4.78 is 0. The van der Waals surface area contributed by atoms with Gasteiger partial charge >= 0.3 is 0 Å². The van der Waals surface area contributed by atoms with Crippen molar-refractivity contribution < 1.29 is 0 Å². The Kier molecular flexibility index (Phi) is 4.90. The number of hydrazine groups is 1. The first-order chi connectivity index (χ1) is 3.85. The summed E-state index contributed by atoms with van der Waals surface area (Å²) in [5.41, 5.74) is 4.43. The summed E-state index contributed by atoms with van der Waals surface area (Å²) in [6, 6.07) is 0. The van der Waals surface area contributed by atoms with Crippen molar-refractivity contribution in [3.63, 3.8) is 0 Å². The lowest BCUT2D eigenvalue weighted by Gasteiger charge is -2.15. The maximum atomic E-state index is 4.58. The van der Waals surface area contributed by atoms with Crippen LogP contribution in [0.2, 0.25) is 0 Å². The van der Waals surface area contributed by atoms with Crippen molar-refractivity contribution in [1.29, 1.82) is 0 Å². The van der Waals surface area contributed by atoms with Crippen molar-refractivity contribution in [1.82, 2.24) is 10.4 Å². The summed E-state index contributed by atoms with van der Waals surface area (Å²) in [4.78, 5) is 0. The molecule has 0 saturated carbocycles. The van der Waals surface area contributed by atoms with Crippen LogP contribution in [0.4, 0.5) is 0 Å². The van der Waals surface area contributed by atoms with E-state index in [4.69, 9.17) is 0 Å². The maximum absolute atomic E-state index is 4.58. The highest BCUT2D eigenvalue weighted by molar-refractivity contribution is 7.78. The van der Waals surface area contributed by atoms with Gasteiger partial charge in [-0.15, -0.1) is 0 Å². The van der Waals surface area contributed by atoms with E-state index in [0.717, 1.165) is 13.1 Å². The largest absolute Gasteiger partial charge is 0.315 e. The summed E-state index contributed by atoms with van der Waals surface area (Å²) in [5.74, 6) is 0. The van der Waals surface area contributed by atoms with E-state index in [0.29, 0.717) is 0 Å². The number of hydrogen-bond donors (Lipinski definition) is 1. The van der Waals surface area contributed by atoms with E-state index in [1.807, 2.05) is 5.01 Å². The predicted octanol–water partition coefficient (Wildman–Crippen LogP) is 0.790. The lowest BCUT2D eigenvalue weighted by Crippen LogP contribution is -2.35. The third-order valence-corrected chi connectivity index (χ3v) is 1.10. The van der Waals surface area contributed by atoms with Crippen LogP contribution in [0.25, 0.3) is 0 Å². The molecule has 8 heavy (non-hydrogen) atoms. The van der Waals surface area contributed by atoms with Crippen LogP contribution in [-0.2, 0) is 0 Å². The van der Waals surface area contributed by atoms with Gasteiger partial charge in [0.2, 0.25) is 0 Å². The molecule has 0 radical (unpaired) electrons. The highest BCUT2D eigenvalue weighted by Gasteiger charge is 1.89. The Morgan fingerprint density at radius 3 is 2.12 bits per heavy atom. The molecule has 0 aromatic carbocycles. The van der Waals surface area contributed by atoms with Crippen molar-refractivity contribution in [3.05, 3.63) is 0 Å². The molecule has 0 saturated heterocycles. The van der Waals surface area contributed by atoms with Crippen LogP contribution in [-0.4, -0.2) is 23.6 Å². The average molecular weight is 132 g/mol. The van der Waals surface area contributed by atoms with Gasteiger partial charge in [-0.3, -0.25) is 0 Å². The second-order valence-electron chi connectivity index (χ2n) is 1.42. The molecule has 3 heteroatoms. The van der Waals surface area contributed by atoms with Crippen LogP contribution in [0.15, 0.2) is 0 Å². The molecule has 0 fully saturated rings. The number of nitrogens with one attached hydrogen (secondary N) is 1. The van der Waals surface area contributed by atoms with E-state index in [9.17, 15) is 0 Å². The van der Waals surface area contributed by atoms with Crippen LogP contribution in [0.5, 0.6) is 0 Å². The summed E-state index contributed by atoms with van der Waals surface area (Å²) in [6.07, 6.45) is 0. The summed E-state index contributed by atoms with van der Waals surface area (Å²) in [7, 11) is 0. The normalized spacial score (nSPS) is 9.38. The minimum atomic E-state index is 0.990. The van der Waals surface area contributed by atoms with E-state index >= 15 is 0 Å². The van der Waals surface area contributed by atoms with Gasteiger partial charge in [0, 0.05) is 13.1 Å². The Balaban J connectivity index is 3.20. The van der Waals surface area contributed by atoms with Gasteiger partial charge in [-0.05, 0) is 0 Å². The van der Waals surface area contributed by atoms with Crippen molar-refractivity contribution in [2.24, 2.45) is 0 Å². The number of hydrogen-bond acceptors (Lipinski definition) is 2. The van der Waals surface area contributed by atoms with Crippen LogP contribution >= 0.6 is 12.2 Å². The fourth-order valence-electron chi connectivity index (χ4n) is 0.481. The van der Waals surface area contributed by atoms with E-state index < -0.39 is 0 Å². The summed E-state index contributed by atoms with van der Waals surface area (Å²) >= 11 is 4.58. The van der Waals surface area contributed by atoms with Crippen LogP contribution in [0.3, 0.4) is 0 Å². The number of thiocarbonyl (C=S) groups is 1. The molecular weight excluding hydrogens is 120 g/mol. The van der Waals surface area contributed by atoms with Crippen molar-refractivity contribution >= 4 is 17.7 Å². The zero-order valence-corrected chi connectivity index (χ0v) is 6.16. The van der Waals surface area contributed by atoms with E-state index in [2.05, 4.69) is 31.5 Å². The van der Waals surface area contributed by atoms with Gasteiger partial charge in [-0.25, -0.2) is 5.01 Å². The molecule has 0 aromatic heterocycles. The summed E-state index contributed by atoms with van der Waals surface area (Å²) in [6.45, 7) is 6.14. The zero-order chi connectivity index (χ0) is 6.41. The molecule has 1 N–H and O–H groups in total. The van der Waals surface area contributed by atoms with E-state index in [1.165, 1.54) is 5.49 Å². The minimum Gasteiger partial charge on any atom is -0.315 e. The molecule has 0 atom stereocenters. The minimum absolute atomic E-state index is 0.990. The lowest BCUT2D eigenvalue weighted by molar-refractivity contribution is 0.268. The fourth-order valence-corrected chi connectivity index (χ4v) is 0.630.